The third kappa shape index (κ3) is 1.95. The summed E-state index contributed by atoms with van der Waals surface area (Å²) in [4.78, 5) is 13.9. The molecule has 0 aromatic carbocycles. The molecule has 0 spiro atoms. The Morgan fingerprint density at radius 1 is 1.56 bits per heavy atom. The normalized spacial score (nSPS) is 15.2. The molecule has 0 radical (unpaired) electrons. The van der Waals surface area contributed by atoms with Crippen LogP contribution in [-0.2, 0) is 0 Å². The highest BCUT2D eigenvalue weighted by Crippen LogP contribution is 2.29. The van der Waals surface area contributed by atoms with Crippen molar-refractivity contribution in [1.82, 2.24) is 10.1 Å². The second kappa shape index (κ2) is 4.25. The van der Waals surface area contributed by atoms with Crippen molar-refractivity contribution in [2.45, 2.75) is 32.7 Å². The molecule has 2 rings (SSSR count). The number of aliphatic hydroxyl groups excluding tert-OH is 1. The molecule has 0 saturated heterocycles. The molecule has 1 aliphatic carbocycles. The van der Waals surface area contributed by atoms with Crippen molar-refractivity contribution in [3.8, 4) is 0 Å². The number of hydrogen-bond donors (Lipinski definition) is 1. The molecular weight excluding hydrogens is 208 g/mol. The SMILES string of the molecule is Cc1noc(C)c1C(=O)N(CCO)C1CC1. The molecule has 1 amide bonds. The second-order valence-electron chi connectivity index (χ2n) is 4.15. The van der Waals surface area contributed by atoms with Crippen LogP contribution in [-0.4, -0.2) is 40.3 Å². The molecule has 5 heteroatoms. The first-order valence-corrected chi connectivity index (χ1v) is 5.50. The number of nitrogens with zero attached hydrogens (tertiary/aromatic N) is 2. The lowest BCUT2D eigenvalue weighted by molar-refractivity contribution is 0.0705. The van der Waals surface area contributed by atoms with E-state index in [1.807, 2.05) is 0 Å². The highest BCUT2D eigenvalue weighted by molar-refractivity contribution is 5.96. The van der Waals surface area contributed by atoms with Crippen LogP contribution in [0.25, 0.3) is 0 Å². The van der Waals surface area contributed by atoms with E-state index in [1.165, 1.54) is 0 Å². The van der Waals surface area contributed by atoms with Crippen molar-refractivity contribution in [1.29, 1.82) is 0 Å². The van der Waals surface area contributed by atoms with Gasteiger partial charge in [0.25, 0.3) is 5.91 Å². The van der Waals surface area contributed by atoms with Crippen molar-refractivity contribution in [3.05, 3.63) is 17.0 Å². The molecule has 1 saturated carbocycles. The summed E-state index contributed by atoms with van der Waals surface area (Å²) >= 11 is 0. The molecule has 0 atom stereocenters. The summed E-state index contributed by atoms with van der Waals surface area (Å²) < 4.78 is 4.98. The highest BCUT2D eigenvalue weighted by Gasteiger charge is 2.34. The molecule has 16 heavy (non-hydrogen) atoms. The molecule has 1 aliphatic rings. The van der Waals surface area contributed by atoms with Crippen LogP contribution in [0, 0.1) is 13.8 Å². The molecule has 0 aliphatic heterocycles. The molecule has 5 nitrogen and oxygen atoms in total. The molecule has 0 bridgehead atoms. The molecule has 1 heterocycles. The first kappa shape index (κ1) is 11.1. The summed E-state index contributed by atoms with van der Waals surface area (Å²) in [6, 6.07) is 0.286. The summed E-state index contributed by atoms with van der Waals surface area (Å²) in [5.41, 5.74) is 1.16. The molecule has 1 aromatic rings. The molecule has 1 N–H and O–H groups in total. The molecule has 1 fully saturated rings. The number of carbonyl (C=O) groups excluding carboxylic acids is 1. The topological polar surface area (TPSA) is 66.6 Å². The predicted molar refractivity (Wildman–Crippen MR) is 57.1 cm³/mol. The molecule has 0 unspecified atom stereocenters. The maximum absolute atomic E-state index is 12.2. The van der Waals surface area contributed by atoms with Gasteiger partial charge in [-0.25, -0.2) is 0 Å². The maximum atomic E-state index is 12.2. The number of amides is 1. The Labute approximate surface area is 94.0 Å². The zero-order chi connectivity index (χ0) is 11.7. The minimum Gasteiger partial charge on any atom is -0.395 e. The van der Waals surface area contributed by atoms with Gasteiger partial charge in [-0.05, 0) is 26.7 Å². The number of rotatable bonds is 4. The Morgan fingerprint density at radius 3 is 2.69 bits per heavy atom. The minimum absolute atomic E-state index is 0.00832. The quantitative estimate of drug-likeness (QED) is 0.824. The van der Waals surface area contributed by atoms with Crippen molar-refractivity contribution < 1.29 is 14.4 Å². The van der Waals surface area contributed by atoms with Crippen LogP contribution < -0.4 is 0 Å². The highest BCUT2D eigenvalue weighted by atomic mass is 16.5. The van der Waals surface area contributed by atoms with Crippen LogP contribution in [0.4, 0.5) is 0 Å². The van der Waals surface area contributed by atoms with Crippen LogP contribution >= 0.6 is 0 Å². The first-order valence-electron chi connectivity index (χ1n) is 5.50. The Hall–Kier alpha value is -1.36. The van der Waals surface area contributed by atoms with Gasteiger partial charge in [-0.1, -0.05) is 5.16 Å². The molecule has 1 aromatic heterocycles. The summed E-state index contributed by atoms with van der Waals surface area (Å²) in [5, 5.41) is 12.7. The van der Waals surface area contributed by atoms with Gasteiger partial charge in [0.1, 0.15) is 11.3 Å². The van der Waals surface area contributed by atoms with Gasteiger partial charge in [0.15, 0.2) is 0 Å². The van der Waals surface area contributed by atoms with Crippen LogP contribution in [0.15, 0.2) is 4.52 Å². The predicted octanol–water partition coefficient (Wildman–Crippen LogP) is 0.888. The van der Waals surface area contributed by atoms with E-state index in [1.54, 1.807) is 18.7 Å². The van der Waals surface area contributed by atoms with Gasteiger partial charge in [0.05, 0.1) is 12.3 Å². The fourth-order valence-electron chi connectivity index (χ4n) is 1.88. The average molecular weight is 224 g/mol. The van der Waals surface area contributed by atoms with Gasteiger partial charge in [0, 0.05) is 12.6 Å². The van der Waals surface area contributed by atoms with E-state index >= 15 is 0 Å². The van der Waals surface area contributed by atoms with Gasteiger partial charge in [-0.2, -0.15) is 0 Å². The number of carbonyl (C=O) groups is 1. The largest absolute Gasteiger partial charge is 0.395 e. The lowest BCUT2D eigenvalue weighted by atomic mass is 10.1. The van der Waals surface area contributed by atoms with Crippen LogP contribution in [0.3, 0.4) is 0 Å². The Balaban J connectivity index is 2.22. The standard InChI is InChI=1S/C11H16N2O3/c1-7-10(8(2)16-12-7)11(15)13(5-6-14)9-3-4-9/h9,14H,3-6H2,1-2H3. The fourth-order valence-corrected chi connectivity index (χ4v) is 1.88. The maximum Gasteiger partial charge on any atom is 0.259 e. The van der Waals surface area contributed by atoms with E-state index in [4.69, 9.17) is 9.63 Å². The zero-order valence-electron chi connectivity index (χ0n) is 9.56. The number of aryl methyl sites for hydroxylation is 2. The van der Waals surface area contributed by atoms with Crippen molar-refractivity contribution in [2.24, 2.45) is 0 Å². The van der Waals surface area contributed by atoms with E-state index in [2.05, 4.69) is 5.16 Å². The van der Waals surface area contributed by atoms with Gasteiger partial charge in [-0.3, -0.25) is 4.79 Å². The van der Waals surface area contributed by atoms with Gasteiger partial charge in [0.2, 0.25) is 0 Å². The summed E-state index contributed by atoms with van der Waals surface area (Å²) in [5.74, 6) is 0.471. The third-order valence-electron chi connectivity index (χ3n) is 2.84. The van der Waals surface area contributed by atoms with Crippen molar-refractivity contribution in [2.75, 3.05) is 13.2 Å². The number of hydrogen-bond acceptors (Lipinski definition) is 4. The molecule has 88 valence electrons. The fraction of sp³-hybridized carbons (Fsp3) is 0.636. The summed E-state index contributed by atoms with van der Waals surface area (Å²) in [6.07, 6.45) is 2.05. The average Bonchev–Trinajstić information content (AvgIpc) is 3.02. The smallest absolute Gasteiger partial charge is 0.259 e. The van der Waals surface area contributed by atoms with Crippen molar-refractivity contribution >= 4 is 5.91 Å². The number of aromatic nitrogens is 1. The van der Waals surface area contributed by atoms with E-state index in [0.717, 1.165) is 12.8 Å². The van der Waals surface area contributed by atoms with Crippen molar-refractivity contribution in [3.63, 3.8) is 0 Å². The van der Waals surface area contributed by atoms with Gasteiger partial charge in [-0.15, -0.1) is 0 Å². The lowest BCUT2D eigenvalue weighted by Crippen LogP contribution is -2.36. The van der Waals surface area contributed by atoms with Crippen LogP contribution in [0.2, 0.25) is 0 Å². The Bertz CT molecular complexity index is 376. The van der Waals surface area contributed by atoms with Gasteiger partial charge >= 0.3 is 0 Å². The zero-order valence-corrected chi connectivity index (χ0v) is 9.56. The Morgan fingerprint density at radius 2 is 2.25 bits per heavy atom. The second-order valence-corrected chi connectivity index (χ2v) is 4.15. The molecular formula is C11H16N2O3. The monoisotopic (exact) mass is 224 g/mol. The summed E-state index contributed by atoms with van der Waals surface area (Å²) in [6.45, 7) is 3.87. The third-order valence-corrected chi connectivity index (χ3v) is 2.84. The summed E-state index contributed by atoms with van der Waals surface area (Å²) in [7, 11) is 0. The number of aliphatic hydroxyl groups is 1. The van der Waals surface area contributed by atoms with Crippen LogP contribution in [0.5, 0.6) is 0 Å². The minimum atomic E-state index is -0.0761. The van der Waals surface area contributed by atoms with Crippen LogP contribution in [0.1, 0.15) is 34.7 Å². The van der Waals surface area contributed by atoms with E-state index < -0.39 is 0 Å². The van der Waals surface area contributed by atoms with Gasteiger partial charge < -0.3 is 14.5 Å². The van der Waals surface area contributed by atoms with E-state index in [0.29, 0.717) is 23.6 Å². The Kier molecular flexibility index (Phi) is 2.96. The lowest BCUT2D eigenvalue weighted by Gasteiger charge is -2.20. The van der Waals surface area contributed by atoms with E-state index in [-0.39, 0.29) is 18.6 Å². The van der Waals surface area contributed by atoms with E-state index in [9.17, 15) is 4.79 Å². The first-order chi connectivity index (χ1) is 7.65.